The van der Waals surface area contributed by atoms with Crippen LogP contribution < -0.4 is 5.32 Å². The Kier molecular flexibility index (Phi) is 42.2. The molecule has 0 saturated heterocycles. The van der Waals surface area contributed by atoms with Crippen LogP contribution in [0.5, 0.6) is 0 Å². The van der Waals surface area contributed by atoms with Crippen LogP contribution in [0.15, 0.2) is 97.2 Å². The Morgan fingerprint density at radius 1 is 0.525 bits per heavy atom. The van der Waals surface area contributed by atoms with Gasteiger partial charge in [0, 0.05) is 19.4 Å². The SMILES string of the molecule is CC/C=C\C/C=C\C/C=C\C/C=C\C/C=C\CCCCCCCC(=O)NCCOP(=O)(O)OCC(O)COC(=O)CCCCCCCCC/C=C\C/C=C\C/C=C\CC. The number of aliphatic hydroxyl groups is 1. The molecule has 0 bridgehead atoms. The maximum atomic E-state index is 12.1. The Morgan fingerprint density at radius 3 is 1.37 bits per heavy atom. The minimum atomic E-state index is -4.43. The number of unbranched alkanes of at least 4 members (excludes halogenated alkanes) is 12. The number of hydrogen-bond donors (Lipinski definition) is 3. The van der Waals surface area contributed by atoms with Crippen LogP contribution in [0.25, 0.3) is 0 Å². The molecule has 2 atom stereocenters. The molecule has 0 fully saturated rings. The summed E-state index contributed by atoms with van der Waals surface area (Å²) in [6.45, 7) is 3.28. The van der Waals surface area contributed by atoms with E-state index in [0.717, 1.165) is 122 Å². The predicted octanol–water partition coefficient (Wildman–Crippen LogP) is 13.0. The average Bonchev–Trinajstić information content (AvgIpc) is 3.22. The molecule has 3 N–H and O–H groups in total. The molecule has 336 valence electrons. The molecular formula is C49H82NO8P. The lowest BCUT2D eigenvalue weighted by molar-refractivity contribution is -0.147. The van der Waals surface area contributed by atoms with E-state index in [0.29, 0.717) is 6.42 Å². The first-order valence-corrected chi connectivity index (χ1v) is 24.2. The van der Waals surface area contributed by atoms with E-state index in [1.54, 1.807) is 0 Å². The Balaban J connectivity index is 3.67. The van der Waals surface area contributed by atoms with E-state index in [1.807, 2.05) is 0 Å². The van der Waals surface area contributed by atoms with Crippen LogP contribution in [0.4, 0.5) is 0 Å². The van der Waals surface area contributed by atoms with Crippen molar-refractivity contribution in [2.24, 2.45) is 0 Å². The summed E-state index contributed by atoms with van der Waals surface area (Å²) in [4.78, 5) is 34.0. The summed E-state index contributed by atoms with van der Waals surface area (Å²) in [7, 11) is -4.43. The van der Waals surface area contributed by atoms with E-state index < -0.39 is 26.5 Å². The van der Waals surface area contributed by atoms with Crippen LogP contribution in [0.1, 0.15) is 168 Å². The normalized spacial score (nSPS) is 14.2. The van der Waals surface area contributed by atoms with Crippen molar-refractivity contribution in [1.82, 2.24) is 5.32 Å². The molecule has 0 aliphatic heterocycles. The Bertz CT molecular complexity index is 1280. The zero-order valence-electron chi connectivity index (χ0n) is 36.9. The molecule has 9 nitrogen and oxygen atoms in total. The zero-order chi connectivity index (χ0) is 43.2. The van der Waals surface area contributed by atoms with Crippen molar-refractivity contribution < 1.29 is 37.9 Å². The number of carbonyl (C=O) groups excluding carboxylic acids is 2. The number of phosphoric acid groups is 1. The Hall–Kier alpha value is -3.07. The maximum Gasteiger partial charge on any atom is 0.472 e. The smallest absolute Gasteiger partial charge is 0.463 e. The van der Waals surface area contributed by atoms with Crippen LogP contribution in [-0.4, -0.2) is 54.3 Å². The number of ether oxygens (including phenoxy) is 1. The predicted molar refractivity (Wildman–Crippen MR) is 247 cm³/mol. The summed E-state index contributed by atoms with van der Waals surface area (Å²) in [6, 6.07) is 0. The summed E-state index contributed by atoms with van der Waals surface area (Å²) >= 11 is 0. The molecule has 0 heterocycles. The quantitative estimate of drug-likeness (QED) is 0.0240. The van der Waals surface area contributed by atoms with E-state index >= 15 is 0 Å². The van der Waals surface area contributed by atoms with Gasteiger partial charge in [-0.1, -0.05) is 162 Å². The van der Waals surface area contributed by atoms with Crippen LogP contribution in [0.3, 0.4) is 0 Å². The van der Waals surface area contributed by atoms with Gasteiger partial charge in [0.1, 0.15) is 12.7 Å². The second-order valence-corrected chi connectivity index (χ2v) is 16.1. The van der Waals surface area contributed by atoms with Gasteiger partial charge in [0.2, 0.25) is 5.91 Å². The maximum absolute atomic E-state index is 12.1. The highest BCUT2D eigenvalue weighted by molar-refractivity contribution is 7.47. The van der Waals surface area contributed by atoms with Crippen molar-refractivity contribution >= 4 is 19.7 Å². The fraction of sp³-hybridized carbons (Fsp3) is 0.633. The number of aliphatic hydroxyl groups excluding tert-OH is 1. The van der Waals surface area contributed by atoms with E-state index in [4.69, 9.17) is 13.8 Å². The first kappa shape index (κ1) is 55.9. The van der Waals surface area contributed by atoms with Gasteiger partial charge in [-0.15, -0.1) is 0 Å². The highest BCUT2D eigenvalue weighted by atomic mass is 31.2. The molecule has 0 spiro atoms. The molecular weight excluding hydrogens is 762 g/mol. The number of esters is 1. The van der Waals surface area contributed by atoms with Gasteiger partial charge in [0.25, 0.3) is 0 Å². The summed E-state index contributed by atoms with van der Waals surface area (Å²) in [5.41, 5.74) is 0. The standard InChI is InChI=1S/C49H82NO8P/c1-3-5-7-9-11-13-15-17-19-21-22-23-24-26-27-29-31-33-35-37-39-41-48(52)50-43-44-57-59(54,55)58-46-47(51)45-56-49(53)42-40-38-36-34-32-30-28-25-20-18-16-14-12-10-8-6-4-2/h5-8,11-14,17-20,22-23,26-27,47,51H,3-4,9-10,15-16,21,24-25,28-46H2,1-2H3,(H,50,52)(H,54,55)/b7-5-,8-6-,13-11-,14-12-,19-17-,20-18-,23-22-,27-26-. The molecule has 0 rings (SSSR count). The molecule has 0 aromatic carbocycles. The summed E-state index contributed by atoms with van der Waals surface area (Å²) < 4.78 is 26.9. The fourth-order valence-electron chi connectivity index (χ4n) is 5.66. The van der Waals surface area contributed by atoms with E-state index in [2.05, 4.69) is 116 Å². The highest BCUT2D eigenvalue weighted by Gasteiger charge is 2.23. The lowest BCUT2D eigenvalue weighted by atomic mass is 10.1. The van der Waals surface area contributed by atoms with E-state index in [9.17, 15) is 24.2 Å². The average molecular weight is 844 g/mol. The van der Waals surface area contributed by atoms with Crippen molar-refractivity contribution in [2.45, 2.75) is 174 Å². The lowest BCUT2D eigenvalue weighted by Crippen LogP contribution is -2.27. The van der Waals surface area contributed by atoms with Crippen molar-refractivity contribution in [2.75, 3.05) is 26.4 Å². The molecule has 0 aromatic rings. The monoisotopic (exact) mass is 844 g/mol. The van der Waals surface area contributed by atoms with E-state index in [-0.39, 0.29) is 32.1 Å². The molecule has 0 aliphatic rings. The van der Waals surface area contributed by atoms with Crippen LogP contribution in [0.2, 0.25) is 0 Å². The van der Waals surface area contributed by atoms with Gasteiger partial charge in [0.15, 0.2) is 0 Å². The second kappa shape index (κ2) is 44.5. The lowest BCUT2D eigenvalue weighted by Gasteiger charge is -2.15. The van der Waals surface area contributed by atoms with Crippen molar-refractivity contribution in [3.63, 3.8) is 0 Å². The molecule has 2 unspecified atom stereocenters. The van der Waals surface area contributed by atoms with Crippen LogP contribution >= 0.6 is 7.82 Å². The first-order chi connectivity index (χ1) is 28.8. The summed E-state index contributed by atoms with van der Waals surface area (Å²) in [5.74, 6) is -0.553. The third-order valence-electron chi connectivity index (χ3n) is 9.01. The van der Waals surface area contributed by atoms with Crippen molar-refractivity contribution in [1.29, 1.82) is 0 Å². The first-order valence-electron chi connectivity index (χ1n) is 22.7. The van der Waals surface area contributed by atoms with Gasteiger partial charge in [0.05, 0.1) is 13.2 Å². The van der Waals surface area contributed by atoms with Crippen molar-refractivity contribution in [3.8, 4) is 0 Å². The minimum Gasteiger partial charge on any atom is -0.463 e. The summed E-state index contributed by atoms with van der Waals surface area (Å²) in [5, 5.41) is 12.7. The van der Waals surface area contributed by atoms with Gasteiger partial charge < -0.3 is 20.1 Å². The Morgan fingerprint density at radius 2 is 0.915 bits per heavy atom. The number of rotatable bonds is 41. The number of allylic oxidation sites excluding steroid dienone is 16. The molecule has 0 aromatic heterocycles. The number of amides is 1. The van der Waals surface area contributed by atoms with Crippen LogP contribution in [-0.2, 0) is 27.9 Å². The number of nitrogens with one attached hydrogen (secondary N) is 1. The highest BCUT2D eigenvalue weighted by Crippen LogP contribution is 2.42. The topological polar surface area (TPSA) is 131 Å². The fourth-order valence-corrected chi connectivity index (χ4v) is 6.41. The third kappa shape index (κ3) is 45.9. The molecule has 0 radical (unpaired) electrons. The minimum absolute atomic E-state index is 0.0634. The molecule has 0 aliphatic carbocycles. The molecule has 59 heavy (non-hydrogen) atoms. The van der Waals surface area contributed by atoms with Crippen LogP contribution in [0, 0.1) is 0 Å². The second-order valence-electron chi connectivity index (χ2n) is 14.6. The zero-order valence-corrected chi connectivity index (χ0v) is 37.8. The number of hydrogen-bond acceptors (Lipinski definition) is 7. The third-order valence-corrected chi connectivity index (χ3v) is 9.99. The largest absolute Gasteiger partial charge is 0.472 e. The molecule has 10 heteroatoms. The molecule has 0 saturated carbocycles. The summed E-state index contributed by atoms with van der Waals surface area (Å²) in [6.07, 6.45) is 57.6. The number of carbonyl (C=O) groups is 2. The van der Waals surface area contributed by atoms with Gasteiger partial charge in [-0.2, -0.15) is 0 Å². The van der Waals surface area contributed by atoms with Gasteiger partial charge in [-0.05, 0) is 89.9 Å². The van der Waals surface area contributed by atoms with Gasteiger partial charge >= 0.3 is 13.8 Å². The van der Waals surface area contributed by atoms with Crippen molar-refractivity contribution in [3.05, 3.63) is 97.2 Å². The van der Waals surface area contributed by atoms with Gasteiger partial charge in [-0.3, -0.25) is 18.6 Å². The van der Waals surface area contributed by atoms with E-state index in [1.165, 1.54) is 19.3 Å². The molecule has 1 amide bonds. The Labute approximate surface area is 359 Å². The van der Waals surface area contributed by atoms with Gasteiger partial charge in [-0.25, -0.2) is 4.57 Å². The number of phosphoric ester groups is 1.